The molecule has 0 aliphatic rings. The van der Waals surface area contributed by atoms with E-state index in [1.165, 1.54) is 74.9 Å². The van der Waals surface area contributed by atoms with Gasteiger partial charge in [-0.3, -0.25) is 0 Å². The van der Waals surface area contributed by atoms with Gasteiger partial charge in [-0.2, -0.15) is 25.2 Å². The van der Waals surface area contributed by atoms with Crippen LogP contribution in [0.15, 0.2) is 87.5 Å². The molecular weight excluding hydrogens is 573 g/mol. The fourth-order valence-corrected chi connectivity index (χ4v) is 8.57. The van der Waals surface area contributed by atoms with Gasteiger partial charge in [0.2, 0.25) is 0 Å². The molecule has 0 bridgehead atoms. The summed E-state index contributed by atoms with van der Waals surface area (Å²) in [5.41, 5.74) is -6.45. The lowest BCUT2D eigenvalue weighted by atomic mass is 10.2. The number of benzene rings is 3. The van der Waals surface area contributed by atoms with E-state index in [0.717, 1.165) is 0 Å². The van der Waals surface area contributed by atoms with E-state index >= 15 is 0 Å². The second-order valence-corrected chi connectivity index (χ2v) is 13.6. The van der Waals surface area contributed by atoms with E-state index in [4.69, 9.17) is 22.6 Å². The summed E-state index contributed by atoms with van der Waals surface area (Å²) in [6, 6.07) is 17.5. The SMILES string of the molecule is COc1ccccc1S(OS(=O)(=O)C(F)(F)F)(c1ccc(OCC(=O)OC(C)(C)C)cc1)c1ccccc1OC. The van der Waals surface area contributed by atoms with Crippen LogP contribution in [0.5, 0.6) is 17.2 Å². The average molecular weight is 603 g/mol. The average Bonchev–Trinajstić information content (AvgIpc) is 2.89. The number of alkyl halides is 3. The lowest BCUT2D eigenvalue weighted by Crippen LogP contribution is -2.28. The third-order valence-corrected chi connectivity index (χ3v) is 10.1. The number of hydrogen-bond acceptors (Lipinski definition) is 8. The molecule has 0 amide bonds. The summed E-state index contributed by atoms with van der Waals surface area (Å²) in [6.45, 7) is 4.68. The van der Waals surface area contributed by atoms with Gasteiger partial charge in [0.1, 0.15) is 22.8 Å². The van der Waals surface area contributed by atoms with Crippen LogP contribution in [0.2, 0.25) is 0 Å². The van der Waals surface area contributed by atoms with Crippen molar-refractivity contribution in [3.05, 3.63) is 72.8 Å². The van der Waals surface area contributed by atoms with Crippen LogP contribution in [0.25, 0.3) is 0 Å². The number of ether oxygens (including phenoxy) is 4. The highest BCUT2D eigenvalue weighted by Crippen LogP contribution is 2.74. The highest BCUT2D eigenvalue weighted by molar-refractivity contribution is 8.33. The van der Waals surface area contributed by atoms with E-state index in [1.54, 1.807) is 32.9 Å². The van der Waals surface area contributed by atoms with Crippen molar-refractivity contribution < 1.29 is 49.0 Å². The van der Waals surface area contributed by atoms with Gasteiger partial charge in [0.05, 0.1) is 24.0 Å². The fraction of sp³-hybridized carbons (Fsp3) is 0.296. The first-order valence-electron chi connectivity index (χ1n) is 11.7. The van der Waals surface area contributed by atoms with Crippen molar-refractivity contribution in [1.29, 1.82) is 0 Å². The number of rotatable bonds is 10. The molecule has 218 valence electrons. The molecule has 40 heavy (non-hydrogen) atoms. The van der Waals surface area contributed by atoms with Crippen molar-refractivity contribution in [1.82, 2.24) is 0 Å². The number of halogens is 3. The number of carbonyl (C=O) groups excluding carboxylic acids is 1. The first-order valence-corrected chi connectivity index (χ1v) is 14.7. The van der Waals surface area contributed by atoms with Gasteiger partial charge in [-0.15, -0.1) is 0 Å². The van der Waals surface area contributed by atoms with Gasteiger partial charge in [-0.25, -0.2) is 4.79 Å². The third kappa shape index (κ3) is 6.83. The minimum Gasteiger partial charge on any atom is -0.496 e. The van der Waals surface area contributed by atoms with Gasteiger partial charge >= 0.3 is 21.6 Å². The molecule has 3 rings (SSSR count). The summed E-state index contributed by atoms with van der Waals surface area (Å²) in [5.74, 6) is -0.266. The molecule has 0 saturated heterocycles. The first kappa shape index (κ1) is 31.1. The number of methoxy groups -OCH3 is 2. The Kier molecular flexibility index (Phi) is 9.32. The standard InChI is InChI=1S/C27H29F3O8S2/c1-26(2,3)37-25(31)18-36-19-14-16-20(17-15-19)39(38-40(32,33)27(28,29)30,23-12-8-6-10-21(23)34-4)24-13-9-7-11-22(24)35-5/h6-17H,18H2,1-5H3. The second-order valence-electron chi connectivity index (χ2n) is 9.17. The van der Waals surface area contributed by atoms with Gasteiger partial charge in [0.15, 0.2) is 6.61 Å². The van der Waals surface area contributed by atoms with Crippen molar-refractivity contribution in [2.24, 2.45) is 0 Å². The Morgan fingerprint density at radius 1 is 0.775 bits per heavy atom. The molecular formula is C27H29F3O8S2. The van der Waals surface area contributed by atoms with Crippen LogP contribution in [-0.4, -0.2) is 46.3 Å². The van der Waals surface area contributed by atoms with E-state index in [-0.39, 0.29) is 31.9 Å². The number of carbonyl (C=O) groups is 1. The number of para-hydroxylation sites is 2. The first-order chi connectivity index (χ1) is 18.6. The zero-order valence-electron chi connectivity index (χ0n) is 22.4. The van der Waals surface area contributed by atoms with E-state index in [0.29, 0.717) is 0 Å². The number of hydrogen-bond donors (Lipinski definition) is 0. The summed E-state index contributed by atoms with van der Waals surface area (Å²) in [5, 5.41) is 0. The zero-order valence-corrected chi connectivity index (χ0v) is 24.0. The molecule has 0 aliphatic heterocycles. The number of esters is 1. The normalized spacial score (nSPS) is 12.9. The molecule has 0 aliphatic carbocycles. The van der Waals surface area contributed by atoms with Crippen LogP contribution in [0.3, 0.4) is 0 Å². The maximum Gasteiger partial charge on any atom is 0.524 e. The predicted octanol–water partition coefficient (Wildman–Crippen LogP) is 6.49. The molecule has 0 fully saturated rings. The van der Waals surface area contributed by atoms with Gasteiger partial charge in [-0.05, 0) is 79.6 Å². The Morgan fingerprint density at radius 2 is 1.25 bits per heavy atom. The van der Waals surface area contributed by atoms with Crippen LogP contribution in [-0.2, 0) is 23.3 Å². The molecule has 0 aromatic heterocycles. The molecule has 0 radical (unpaired) electrons. The highest BCUT2D eigenvalue weighted by Gasteiger charge is 2.53. The van der Waals surface area contributed by atoms with E-state index in [2.05, 4.69) is 0 Å². The Morgan fingerprint density at radius 3 is 1.68 bits per heavy atom. The molecule has 0 unspecified atom stereocenters. The highest BCUT2D eigenvalue weighted by atomic mass is 32.3. The van der Waals surface area contributed by atoms with Gasteiger partial charge < -0.3 is 18.9 Å². The molecule has 0 heterocycles. The van der Waals surface area contributed by atoms with E-state index in [1.807, 2.05) is 0 Å². The Labute approximate surface area is 232 Å². The Balaban J connectivity index is 2.26. The summed E-state index contributed by atoms with van der Waals surface area (Å²) in [6.07, 6.45) is 0. The maximum absolute atomic E-state index is 13.8. The molecule has 0 N–H and O–H groups in total. The van der Waals surface area contributed by atoms with E-state index < -0.39 is 44.1 Å². The minimum absolute atomic E-state index is 0.0391. The van der Waals surface area contributed by atoms with Gasteiger partial charge in [0, 0.05) is 4.90 Å². The zero-order chi connectivity index (χ0) is 29.8. The summed E-state index contributed by atoms with van der Waals surface area (Å²) in [4.78, 5) is 12.2. The van der Waals surface area contributed by atoms with Crippen molar-refractivity contribution in [2.75, 3.05) is 20.8 Å². The quantitative estimate of drug-likeness (QED) is 0.192. The van der Waals surface area contributed by atoms with Crippen molar-refractivity contribution in [3.8, 4) is 17.2 Å². The Hall–Kier alpha value is -3.42. The van der Waals surface area contributed by atoms with Crippen LogP contribution < -0.4 is 14.2 Å². The van der Waals surface area contributed by atoms with Crippen LogP contribution in [0.4, 0.5) is 13.2 Å². The maximum atomic E-state index is 13.8. The molecule has 13 heteroatoms. The summed E-state index contributed by atoms with van der Waals surface area (Å²) in [7, 11) is -7.30. The van der Waals surface area contributed by atoms with Crippen LogP contribution >= 0.6 is 10.3 Å². The predicted molar refractivity (Wildman–Crippen MR) is 142 cm³/mol. The topological polar surface area (TPSA) is 97.4 Å². The fourth-order valence-electron chi connectivity index (χ4n) is 3.61. The van der Waals surface area contributed by atoms with Crippen molar-refractivity contribution >= 4 is 26.4 Å². The third-order valence-electron chi connectivity index (χ3n) is 5.17. The van der Waals surface area contributed by atoms with Crippen LogP contribution in [0.1, 0.15) is 20.8 Å². The summed E-state index contributed by atoms with van der Waals surface area (Å²) < 4.78 is 93.6. The molecule has 0 atom stereocenters. The molecule has 0 spiro atoms. The monoisotopic (exact) mass is 602 g/mol. The lowest BCUT2D eigenvalue weighted by molar-refractivity contribution is -0.157. The van der Waals surface area contributed by atoms with Gasteiger partial charge in [-0.1, -0.05) is 24.3 Å². The van der Waals surface area contributed by atoms with Gasteiger partial charge in [0.25, 0.3) is 0 Å². The van der Waals surface area contributed by atoms with Crippen molar-refractivity contribution in [3.63, 3.8) is 0 Å². The minimum atomic E-state index is -6.17. The van der Waals surface area contributed by atoms with Crippen molar-refractivity contribution in [2.45, 2.75) is 46.6 Å². The Bertz CT molecular complexity index is 1390. The summed E-state index contributed by atoms with van der Waals surface area (Å²) >= 11 is 0. The lowest BCUT2D eigenvalue weighted by Gasteiger charge is -2.40. The second kappa shape index (κ2) is 12.0. The molecule has 3 aromatic carbocycles. The van der Waals surface area contributed by atoms with E-state index in [9.17, 15) is 26.4 Å². The molecule has 3 aromatic rings. The smallest absolute Gasteiger partial charge is 0.496 e. The van der Waals surface area contributed by atoms with Crippen LogP contribution in [0, 0.1) is 0 Å². The largest absolute Gasteiger partial charge is 0.524 e. The molecule has 0 saturated carbocycles. The molecule has 8 nitrogen and oxygen atoms in total.